The number of hydrogen-bond acceptors (Lipinski definition) is 2. The maximum atomic E-state index is 13.7. The number of aliphatic carboxylic acids is 1. The topological polar surface area (TPSA) is 40.5 Å². The Morgan fingerprint density at radius 3 is 2.90 bits per heavy atom. The summed E-state index contributed by atoms with van der Waals surface area (Å²) in [5, 5.41) is 8.77. The number of benzene rings is 1. The van der Waals surface area contributed by atoms with Crippen molar-refractivity contribution in [1.82, 2.24) is 4.90 Å². The molecule has 1 saturated heterocycles. The number of nitrogens with zero attached hydrogens (tertiary/aromatic N) is 1. The Morgan fingerprint density at radius 1 is 1.35 bits per heavy atom. The summed E-state index contributed by atoms with van der Waals surface area (Å²) in [5.74, 6) is -2.44. The summed E-state index contributed by atoms with van der Waals surface area (Å²) in [7, 11) is 0. The third kappa shape index (κ3) is 3.76. The van der Waals surface area contributed by atoms with E-state index in [0.717, 1.165) is 31.9 Å². The van der Waals surface area contributed by atoms with E-state index in [4.69, 9.17) is 5.11 Å². The van der Waals surface area contributed by atoms with Gasteiger partial charge in [0.1, 0.15) is 0 Å². The van der Waals surface area contributed by atoms with Gasteiger partial charge >= 0.3 is 5.97 Å². The molecule has 0 aliphatic carbocycles. The minimum absolute atomic E-state index is 0.118. The van der Waals surface area contributed by atoms with E-state index in [0.29, 0.717) is 18.5 Å². The van der Waals surface area contributed by atoms with Gasteiger partial charge in [-0.05, 0) is 31.9 Å². The normalized spacial score (nSPS) is 20.0. The van der Waals surface area contributed by atoms with Crippen LogP contribution in [0.15, 0.2) is 18.2 Å². The highest BCUT2D eigenvalue weighted by atomic mass is 19.2. The number of piperidine rings is 1. The molecule has 0 aromatic heterocycles. The lowest BCUT2D eigenvalue weighted by molar-refractivity contribution is -0.137. The highest BCUT2D eigenvalue weighted by Crippen LogP contribution is 2.24. The molecule has 0 amide bonds. The van der Waals surface area contributed by atoms with Crippen LogP contribution in [-0.4, -0.2) is 28.6 Å². The monoisotopic (exact) mass is 283 g/mol. The summed E-state index contributed by atoms with van der Waals surface area (Å²) in [6.07, 6.45) is 3.68. The molecule has 110 valence electrons. The highest BCUT2D eigenvalue weighted by molar-refractivity contribution is 5.66. The molecule has 5 heteroatoms. The Hall–Kier alpha value is -1.49. The van der Waals surface area contributed by atoms with Crippen molar-refractivity contribution in [2.24, 2.45) is 0 Å². The van der Waals surface area contributed by atoms with Crippen LogP contribution < -0.4 is 0 Å². The molecule has 1 aromatic carbocycles. The van der Waals surface area contributed by atoms with Gasteiger partial charge in [-0.25, -0.2) is 8.78 Å². The van der Waals surface area contributed by atoms with Crippen LogP contribution in [0.2, 0.25) is 0 Å². The van der Waals surface area contributed by atoms with E-state index in [1.165, 1.54) is 6.07 Å². The lowest BCUT2D eigenvalue weighted by Crippen LogP contribution is -2.39. The van der Waals surface area contributed by atoms with Gasteiger partial charge in [-0.2, -0.15) is 0 Å². The summed E-state index contributed by atoms with van der Waals surface area (Å²) in [6, 6.07) is 4.34. The van der Waals surface area contributed by atoms with Crippen LogP contribution in [0.25, 0.3) is 0 Å². The maximum absolute atomic E-state index is 13.7. The summed E-state index contributed by atoms with van der Waals surface area (Å²) in [5.41, 5.74) is 0.340. The minimum Gasteiger partial charge on any atom is -0.481 e. The molecule has 1 heterocycles. The van der Waals surface area contributed by atoms with E-state index < -0.39 is 17.6 Å². The second-order valence-electron chi connectivity index (χ2n) is 5.27. The van der Waals surface area contributed by atoms with Gasteiger partial charge in [0.25, 0.3) is 0 Å². The molecule has 1 fully saturated rings. The first kappa shape index (κ1) is 14.9. The van der Waals surface area contributed by atoms with E-state index in [-0.39, 0.29) is 12.5 Å². The molecule has 1 unspecified atom stereocenters. The second-order valence-corrected chi connectivity index (χ2v) is 5.27. The van der Waals surface area contributed by atoms with Gasteiger partial charge in [0.05, 0.1) is 0 Å². The van der Waals surface area contributed by atoms with Crippen LogP contribution in [0.1, 0.15) is 37.7 Å². The Morgan fingerprint density at radius 2 is 2.15 bits per heavy atom. The van der Waals surface area contributed by atoms with Crippen molar-refractivity contribution in [2.45, 2.75) is 44.7 Å². The first-order valence-corrected chi connectivity index (χ1v) is 6.96. The van der Waals surface area contributed by atoms with Crippen molar-refractivity contribution in [3.8, 4) is 0 Å². The largest absolute Gasteiger partial charge is 0.481 e. The Balaban J connectivity index is 2.04. The minimum atomic E-state index is -0.832. The zero-order valence-corrected chi connectivity index (χ0v) is 11.3. The Bertz CT molecular complexity index is 479. The van der Waals surface area contributed by atoms with Crippen molar-refractivity contribution in [3.05, 3.63) is 35.4 Å². The zero-order chi connectivity index (χ0) is 14.5. The molecule has 3 nitrogen and oxygen atoms in total. The third-order valence-corrected chi connectivity index (χ3v) is 3.85. The van der Waals surface area contributed by atoms with Gasteiger partial charge < -0.3 is 5.11 Å². The van der Waals surface area contributed by atoms with E-state index in [2.05, 4.69) is 4.90 Å². The SMILES string of the molecule is O=C(O)CCC1CCCCN1Cc1cccc(F)c1F. The van der Waals surface area contributed by atoms with E-state index in [9.17, 15) is 13.6 Å². The van der Waals surface area contributed by atoms with Crippen LogP contribution in [0.3, 0.4) is 0 Å². The first-order chi connectivity index (χ1) is 9.58. The average Bonchev–Trinajstić information content (AvgIpc) is 2.43. The molecule has 1 atom stereocenters. The predicted octanol–water partition coefficient (Wildman–Crippen LogP) is 3.18. The number of likely N-dealkylation sites (tertiary alicyclic amines) is 1. The molecule has 2 rings (SSSR count). The maximum Gasteiger partial charge on any atom is 0.303 e. The quantitative estimate of drug-likeness (QED) is 0.902. The van der Waals surface area contributed by atoms with Crippen molar-refractivity contribution < 1.29 is 18.7 Å². The van der Waals surface area contributed by atoms with E-state index >= 15 is 0 Å². The molecule has 1 N–H and O–H groups in total. The molecule has 0 spiro atoms. The van der Waals surface area contributed by atoms with E-state index in [1.807, 2.05) is 0 Å². The van der Waals surface area contributed by atoms with Gasteiger partial charge in [-0.15, -0.1) is 0 Å². The standard InChI is InChI=1S/C15H19F2NO2/c16-13-6-3-4-11(15(13)17)10-18-9-2-1-5-12(18)7-8-14(19)20/h3-4,6,12H,1-2,5,7-10H2,(H,19,20). The number of carboxylic acid groups (broad SMARTS) is 1. The number of hydrogen-bond donors (Lipinski definition) is 1. The smallest absolute Gasteiger partial charge is 0.303 e. The third-order valence-electron chi connectivity index (χ3n) is 3.85. The van der Waals surface area contributed by atoms with Crippen molar-refractivity contribution >= 4 is 5.97 Å². The molecule has 20 heavy (non-hydrogen) atoms. The van der Waals surface area contributed by atoms with Crippen LogP contribution in [0.5, 0.6) is 0 Å². The molecule has 1 aromatic rings. The molecule has 0 bridgehead atoms. The number of carbonyl (C=O) groups is 1. The van der Waals surface area contributed by atoms with E-state index in [1.54, 1.807) is 6.07 Å². The molecular weight excluding hydrogens is 264 g/mol. The summed E-state index contributed by atoms with van der Waals surface area (Å²) in [4.78, 5) is 12.8. The van der Waals surface area contributed by atoms with Gasteiger partial charge in [0.2, 0.25) is 0 Å². The lowest BCUT2D eigenvalue weighted by atomic mass is 9.97. The fraction of sp³-hybridized carbons (Fsp3) is 0.533. The predicted molar refractivity (Wildman–Crippen MR) is 71.3 cm³/mol. The van der Waals surface area contributed by atoms with Crippen molar-refractivity contribution in [3.63, 3.8) is 0 Å². The highest BCUT2D eigenvalue weighted by Gasteiger charge is 2.24. The molecule has 0 saturated carbocycles. The van der Waals surface area contributed by atoms with Crippen molar-refractivity contribution in [2.75, 3.05) is 6.54 Å². The average molecular weight is 283 g/mol. The molecular formula is C15H19F2NO2. The second kappa shape index (κ2) is 6.79. The lowest BCUT2D eigenvalue weighted by Gasteiger charge is -2.35. The van der Waals surface area contributed by atoms with Crippen LogP contribution in [0.4, 0.5) is 8.78 Å². The number of rotatable bonds is 5. The number of carboxylic acids is 1. The Kier molecular flexibility index (Phi) is 5.06. The molecule has 1 aliphatic rings. The van der Waals surface area contributed by atoms with Gasteiger partial charge in [0, 0.05) is 24.6 Å². The van der Waals surface area contributed by atoms with Crippen LogP contribution >= 0.6 is 0 Å². The summed E-state index contributed by atoms with van der Waals surface area (Å²) in [6.45, 7) is 1.15. The van der Waals surface area contributed by atoms with Crippen LogP contribution in [0, 0.1) is 11.6 Å². The number of halogens is 2. The molecule has 1 aliphatic heterocycles. The van der Waals surface area contributed by atoms with Crippen molar-refractivity contribution in [1.29, 1.82) is 0 Å². The zero-order valence-electron chi connectivity index (χ0n) is 11.3. The molecule has 0 radical (unpaired) electrons. The van der Waals surface area contributed by atoms with Gasteiger partial charge in [-0.1, -0.05) is 18.6 Å². The Labute approximate surface area is 117 Å². The fourth-order valence-electron chi connectivity index (χ4n) is 2.77. The summed E-state index contributed by atoms with van der Waals surface area (Å²) >= 11 is 0. The van der Waals surface area contributed by atoms with Gasteiger partial charge in [0.15, 0.2) is 11.6 Å². The van der Waals surface area contributed by atoms with Gasteiger partial charge in [-0.3, -0.25) is 9.69 Å². The first-order valence-electron chi connectivity index (χ1n) is 6.96. The fourth-order valence-corrected chi connectivity index (χ4v) is 2.77. The van der Waals surface area contributed by atoms with Crippen LogP contribution in [-0.2, 0) is 11.3 Å². The summed E-state index contributed by atoms with van der Waals surface area (Å²) < 4.78 is 26.9.